The molecule has 1 saturated heterocycles. The smallest absolute Gasteiger partial charge is 0.253 e. The molecule has 1 aromatic rings. The molecular formula is C10H12Cl2N2O3S. The van der Waals surface area contributed by atoms with Crippen LogP contribution in [0.4, 0.5) is 0 Å². The molecule has 1 fully saturated rings. The molecule has 2 rings (SSSR count). The topological polar surface area (TPSA) is 58.6 Å². The van der Waals surface area contributed by atoms with Gasteiger partial charge in [0, 0.05) is 13.1 Å². The van der Waals surface area contributed by atoms with Crippen LogP contribution in [-0.2, 0) is 14.8 Å². The Morgan fingerprint density at radius 1 is 1.17 bits per heavy atom. The minimum atomic E-state index is -3.62. The molecule has 0 amide bonds. The Hall–Kier alpha value is -0.370. The van der Waals surface area contributed by atoms with Crippen molar-refractivity contribution < 1.29 is 13.2 Å². The molecule has 1 heterocycles. The van der Waals surface area contributed by atoms with Gasteiger partial charge in [-0.3, -0.25) is 0 Å². The highest BCUT2D eigenvalue weighted by molar-refractivity contribution is 7.89. The summed E-state index contributed by atoms with van der Waals surface area (Å²) in [4.78, 5) is 2.57. The standard InChI is InChI=1S/C10H12Cl2N2O3S/c11-9-2-1-8(7-10(9)12)18(15,16)13-14-3-5-17-6-4-14/h1-2,7,13H,3-6H2. The third-order valence-corrected chi connectivity index (χ3v) is 4.57. The van der Waals surface area contributed by atoms with Crippen molar-refractivity contribution in [3.8, 4) is 0 Å². The number of ether oxygens (including phenoxy) is 1. The van der Waals surface area contributed by atoms with Crippen LogP contribution < -0.4 is 4.83 Å². The molecule has 1 aliphatic heterocycles. The number of hydrogen-bond donors (Lipinski definition) is 1. The average Bonchev–Trinajstić information content (AvgIpc) is 2.33. The van der Waals surface area contributed by atoms with E-state index in [4.69, 9.17) is 27.9 Å². The summed E-state index contributed by atoms with van der Waals surface area (Å²) in [6.45, 7) is 2.04. The van der Waals surface area contributed by atoms with E-state index in [9.17, 15) is 8.42 Å². The first kappa shape index (κ1) is 14.0. The zero-order chi connectivity index (χ0) is 13.2. The number of nitrogens with one attached hydrogen (secondary N) is 1. The lowest BCUT2D eigenvalue weighted by Gasteiger charge is -2.26. The molecule has 1 aromatic carbocycles. The van der Waals surface area contributed by atoms with Crippen molar-refractivity contribution in [3.05, 3.63) is 28.2 Å². The van der Waals surface area contributed by atoms with Crippen LogP contribution in [0.25, 0.3) is 0 Å². The van der Waals surface area contributed by atoms with Gasteiger partial charge in [-0.1, -0.05) is 23.2 Å². The van der Waals surface area contributed by atoms with Crippen molar-refractivity contribution in [2.45, 2.75) is 4.90 Å². The summed E-state index contributed by atoms with van der Waals surface area (Å²) < 4.78 is 29.3. The van der Waals surface area contributed by atoms with Crippen molar-refractivity contribution in [2.24, 2.45) is 0 Å². The number of sulfonamides is 1. The van der Waals surface area contributed by atoms with E-state index >= 15 is 0 Å². The van der Waals surface area contributed by atoms with Crippen LogP contribution in [0, 0.1) is 0 Å². The maximum Gasteiger partial charge on any atom is 0.253 e. The van der Waals surface area contributed by atoms with Gasteiger partial charge in [0.05, 0.1) is 28.2 Å². The molecule has 100 valence electrons. The summed E-state index contributed by atoms with van der Waals surface area (Å²) in [5.74, 6) is 0. The van der Waals surface area contributed by atoms with Gasteiger partial charge < -0.3 is 4.74 Å². The Balaban J connectivity index is 2.16. The Kier molecular flexibility index (Phi) is 4.47. The van der Waals surface area contributed by atoms with Crippen molar-refractivity contribution in [1.29, 1.82) is 0 Å². The van der Waals surface area contributed by atoms with E-state index in [2.05, 4.69) is 4.83 Å². The van der Waals surface area contributed by atoms with Crippen LogP contribution in [0.5, 0.6) is 0 Å². The molecule has 1 aliphatic rings. The van der Waals surface area contributed by atoms with Gasteiger partial charge >= 0.3 is 0 Å². The Labute approximate surface area is 116 Å². The van der Waals surface area contributed by atoms with E-state index in [-0.39, 0.29) is 9.92 Å². The van der Waals surface area contributed by atoms with Crippen LogP contribution in [-0.4, -0.2) is 39.7 Å². The zero-order valence-corrected chi connectivity index (χ0v) is 11.7. The minimum Gasteiger partial charge on any atom is -0.379 e. The predicted octanol–water partition coefficient (Wildman–Crippen LogP) is 1.52. The number of hydrogen-bond acceptors (Lipinski definition) is 4. The van der Waals surface area contributed by atoms with Crippen LogP contribution in [0.1, 0.15) is 0 Å². The SMILES string of the molecule is O=S(=O)(NN1CCOCC1)c1ccc(Cl)c(Cl)c1. The predicted molar refractivity (Wildman–Crippen MR) is 69.2 cm³/mol. The van der Waals surface area contributed by atoms with Crippen LogP contribution in [0.2, 0.25) is 10.0 Å². The third-order valence-electron chi connectivity index (χ3n) is 2.46. The lowest BCUT2D eigenvalue weighted by molar-refractivity contribution is 0.0272. The molecule has 0 aromatic heterocycles. The first-order valence-electron chi connectivity index (χ1n) is 5.29. The maximum absolute atomic E-state index is 12.1. The highest BCUT2D eigenvalue weighted by Crippen LogP contribution is 2.24. The highest BCUT2D eigenvalue weighted by atomic mass is 35.5. The number of hydrazine groups is 1. The summed E-state index contributed by atoms with van der Waals surface area (Å²) in [5.41, 5.74) is 0. The third kappa shape index (κ3) is 3.34. The number of morpholine rings is 1. The van der Waals surface area contributed by atoms with Crippen molar-refractivity contribution in [1.82, 2.24) is 9.84 Å². The highest BCUT2D eigenvalue weighted by Gasteiger charge is 2.20. The molecular weight excluding hydrogens is 299 g/mol. The lowest BCUT2D eigenvalue weighted by atomic mass is 10.4. The van der Waals surface area contributed by atoms with Gasteiger partial charge in [-0.05, 0) is 18.2 Å². The van der Waals surface area contributed by atoms with Gasteiger partial charge in [-0.15, -0.1) is 4.83 Å². The van der Waals surface area contributed by atoms with Crippen molar-refractivity contribution >= 4 is 33.2 Å². The van der Waals surface area contributed by atoms with Gasteiger partial charge in [0.25, 0.3) is 10.0 Å². The maximum atomic E-state index is 12.1. The van der Waals surface area contributed by atoms with Crippen molar-refractivity contribution in [3.63, 3.8) is 0 Å². The van der Waals surface area contributed by atoms with Gasteiger partial charge in [-0.2, -0.15) is 0 Å². The largest absolute Gasteiger partial charge is 0.379 e. The van der Waals surface area contributed by atoms with Crippen molar-refractivity contribution in [2.75, 3.05) is 26.3 Å². The minimum absolute atomic E-state index is 0.0865. The molecule has 0 radical (unpaired) electrons. The number of benzene rings is 1. The van der Waals surface area contributed by atoms with Crippen LogP contribution >= 0.6 is 23.2 Å². The lowest BCUT2D eigenvalue weighted by Crippen LogP contribution is -2.48. The van der Waals surface area contributed by atoms with E-state index in [1.54, 1.807) is 5.01 Å². The van der Waals surface area contributed by atoms with Gasteiger partial charge in [-0.25, -0.2) is 13.4 Å². The molecule has 0 aliphatic carbocycles. The number of nitrogens with zero attached hydrogens (tertiary/aromatic N) is 1. The van der Waals surface area contributed by atoms with Gasteiger partial charge in [0.2, 0.25) is 0 Å². The molecule has 0 spiro atoms. The van der Waals surface area contributed by atoms with E-state index in [1.807, 2.05) is 0 Å². The monoisotopic (exact) mass is 310 g/mol. The summed E-state index contributed by atoms with van der Waals surface area (Å²) >= 11 is 11.6. The molecule has 0 unspecified atom stereocenters. The fourth-order valence-corrected chi connectivity index (χ4v) is 3.03. The number of halogens is 2. The molecule has 1 N–H and O–H groups in total. The molecule has 5 nitrogen and oxygen atoms in total. The van der Waals surface area contributed by atoms with Crippen LogP contribution in [0.3, 0.4) is 0 Å². The second-order valence-electron chi connectivity index (χ2n) is 3.77. The molecule has 0 atom stereocenters. The second kappa shape index (κ2) is 5.73. The summed E-state index contributed by atoms with van der Waals surface area (Å²) in [5, 5.41) is 2.13. The number of rotatable bonds is 3. The normalized spacial score (nSPS) is 17.9. The zero-order valence-electron chi connectivity index (χ0n) is 9.40. The van der Waals surface area contributed by atoms with E-state index in [0.717, 1.165) is 0 Å². The van der Waals surface area contributed by atoms with E-state index in [1.165, 1.54) is 18.2 Å². The first-order valence-corrected chi connectivity index (χ1v) is 7.53. The Morgan fingerprint density at radius 2 is 1.83 bits per heavy atom. The average molecular weight is 311 g/mol. The van der Waals surface area contributed by atoms with Crippen LogP contribution in [0.15, 0.2) is 23.1 Å². The summed E-state index contributed by atoms with van der Waals surface area (Å²) in [6.07, 6.45) is 0. The molecule has 8 heteroatoms. The van der Waals surface area contributed by atoms with E-state index in [0.29, 0.717) is 31.3 Å². The molecule has 0 bridgehead atoms. The van der Waals surface area contributed by atoms with Gasteiger partial charge in [0.1, 0.15) is 0 Å². The Bertz CT molecular complexity index is 530. The summed E-state index contributed by atoms with van der Waals surface area (Å²) in [7, 11) is -3.62. The second-order valence-corrected chi connectivity index (χ2v) is 6.25. The fourth-order valence-electron chi connectivity index (χ4n) is 1.52. The molecule has 0 saturated carbocycles. The van der Waals surface area contributed by atoms with Gasteiger partial charge in [0.15, 0.2) is 0 Å². The fraction of sp³-hybridized carbons (Fsp3) is 0.400. The summed E-state index contributed by atoms with van der Waals surface area (Å²) in [6, 6.07) is 4.20. The first-order chi connectivity index (χ1) is 8.49. The van der Waals surface area contributed by atoms with E-state index < -0.39 is 10.0 Å². The Morgan fingerprint density at radius 3 is 2.44 bits per heavy atom. The molecule has 18 heavy (non-hydrogen) atoms. The quantitative estimate of drug-likeness (QED) is 0.919.